The minimum Gasteiger partial charge on any atom is -0.453 e. The predicted molar refractivity (Wildman–Crippen MR) is 54.3 cm³/mol. The first kappa shape index (κ1) is 6.66. The van der Waals surface area contributed by atoms with Crippen LogP contribution in [-0.2, 0) is 4.74 Å². The average molecular weight is 180 g/mol. The molecule has 2 aliphatic carbocycles. The molecule has 1 aromatic rings. The van der Waals surface area contributed by atoms with Gasteiger partial charge in [0.15, 0.2) is 11.5 Å². The molecule has 0 aromatic heterocycles. The van der Waals surface area contributed by atoms with Gasteiger partial charge in [-0.2, -0.15) is 0 Å². The lowest BCUT2D eigenvalue weighted by Crippen LogP contribution is -2.21. The summed E-state index contributed by atoms with van der Waals surface area (Å²) in [5, 5.41) is 2.69. The summed E-state index contributed by atoms with van der Waals surface area (Å²) in [5.74, 6) is 2.62. The van der Waals surface area contributed by atoms with Crippen LogP contribution in [0.4, 0.5) is 0 Å². The molecule has 14 heavy (non-hydrogen) atoms. The third kappa shape index (κ3) is 0.666. The lowest BCUT2D eigenvalue weighted by atomic mass is 9.97. The molecule has 1 aromatic carbocycles. The smallest absolute Gasteiger partial charge is 0.166 e. The molecule has 1 nitrogen and oxygen atoms in total. The van der Waals surface area contributed by atoms with Crippen molar-refractivity contribution >= 4 is 11.6 Å². The molecule has 0 amide bonds. The Morgan fingerprint density at radius 2 is 2.00 bits per heavy atom. The summed E-state index contributed by atoms with van der Waals surface area (Å²) in [6.07, 6.45) is 6.53. The Bertz CT molecular complexity index is 617. The minimum absolute atomic E-state index is 0.396. The molecule has 1 heteroatoms. The van der Waals surface area contributed by atoms with Crippen LogP contribution in [0.25, 0.3) is 11.6 Å². The van der Waals surface area contributed by atoms with Crippen molar-refractivity contribution in [3.05, 3.63) is 58.4 Å². The number of rotatable bonds is 0. The second-order valence-corrected chi connectivity index (χ2v) is 3.85. The van der Waals surface area contributed by atoms with E-state index in [1.807, 2.05) is 0 Å². The number of hydrogen-bond acceptors (Lipinski definition) is 1. The molecule has 1 heterocycles. The van der Waals surface area contributed by atoms with Gasteiger partial charge in [-0.3, -0.25) is 0 Å². The molecule has 0 fully saturated rings. The molecule has 3 aliphatic rings. The lowest BCUT2D eigenvalue weighted by Gasteiger charge is -2.03. The molecule has 1 atom stereocenters. The van der Waals surface area contributed by atoms with Crippen molar-refractivity contribution in [2.75, 3.05) is 0 Å². The first-order valence-electron chi connectivity index (χ1n) is 4.85. The van der Waals surface area contributed by atoms with Crippen LogP contribution in [-0.4, -0.2) is 0 Å². The number of allylic oxidation sites excluding steroid dienone is 3. The molecule has 4 rings (SSSR count). The number of benzene rings is 1. The molecular formula is C13H8O. The number of ether oxygens (including phenoxy) is 1. The Balaban J connectivity index is 2.14. The van der Waals surface area contributed by atoms with E-state index in [1.54, 1.807) is 0 Å². The molecule has 0 radical (unpaired) electrons. The quantitative estimate of drug-likeness (QED) is 0.581. The van der Waals surface area contributed by atoms with E-state index >= 15 is 0 Å². The fourth-order valence-electron chi connectivity index (χ4n) is 2.34. The Kier molecular flexibility index (Phi) is 0.954. The van der Waals surface area contributed by atoms with E-state index in [-0.39, 0.29) is 0 Å². The summed E-state index contributed by atoms with van der Waals surface area (Å²) in [4.78, 5) is 0. The van der Waals surface area contributed by atoms with Gasteiger partial charge in [-0.25, -0.2) is 0 Å². The summed E-state index contributed by atoms with van der Waals surface area (Å²) in [7, 11) is 0. The molecule has 0 saturated carbocycles. The molecule has 0 saturated heterocycles. The van der Waals surface area contributed by atoms with Crippen molar-refractivity contribution in [3.63, 3.8) is 0 Å². The van der Waals surface area contributed by atoms with Gasteiger partial charge in [-0.1, -0.05) is 36.4 Å². The van der Waals surface area contributed by atoms with Gasteiger partial charge in [0, 0.05) is 0 Å². The fourth-order valence-corrected chi connectivity index (χ4v) is 2.34. The first-order valence-corrected chi connectivity index (χ1v) is 4.85. The summed E-state index contributed by atoms with van der Waals surface area (Å²) >= 11 is 0. The third-order valence-corrected chi connectivity index (χ3v) is 3.07. The van der Waals surface area contributed by atoms with Crippen molar-refractivity contribution in [1.29, 1.82) is 0 Å². The standard InChI is InChI=1S/C13H8O/c1-2-4-9-8(3-1)7-11-10(9)5-6-12-13(11)14-12/h1-7,11H. The number of hydrogen-bond donors (Lipinski definition) is 0. The van der Waals surface area contributed by atoms with Crippen molar-refractivity contribution < 1.29 is 4.74 Å². The van der Waals surface area contributed by atoms with Crippen molar-refractivity contribution in [2.45, 2.75) is 0 Å². The summed E-state index contributed by atoms with van der Waals surface area (Å²) < 4.78 is 5.42. The van der Waals surface area contributed by atoms with Crippen LogP contribution < -0.4 is 10.4 Å². The zero-order valence-corrected chi connectivity index (χ0v) is 7.53. The van der Waals surface area contributed by atoms with Gasteiger partial charge in [-0.15, -0.1) is 0 Å². The van der Waals surface area contributed by atoms with Gasteiger partial charge in [0.25, 0.3) is 0 Å². The third-order valence-electron chi connectivity index (χ3n) is 3.07. The Labute approximate surface area is 81.3 Å². The first-order chi connectivity index (χ1) is 6.93. The molecule has 0 bridgehead atoms. The van der Waals surface area contributed by atoms with Crippen LogP contribution in [0, 0.1) is 5.92 Å². The predicted octanol–water partition coefficient (Wildman–Crippen LogP) is 1.06. The van der Waals surface area contributed by atoms with Crippen molar-refractivity contribution in [2.24, 2.45) is 5.92 Å². The van der Waals surface area contributed by atoms with Crippen molar-refractivity contribution in [1.82, 2.24) is 0 Å². The van der Waals surface area contributed by atoms with E-state index in [0.29, 0.717) is 5.92 Å². The van der Waals surface area contributed by atoms with Gasteiger partial charge < -0.3 is 4.74 Å². The highest BCUT2D eigenvalue weighted by molar-refractivity contribution is 5.78. The average Bonchev–Trinajstić information content (AvgIpc) is 2.92. The molecule has 0 N–H and O–H groups in total. The fraction of sp³-hybridized carbons (Fsp3) is 0.0769. The molecule has 66 valence electrons. The largest absolute Gasteiger partial charge is 0.453 e. The van der Waals surface area contributed by atoms with E-state index in [9.17, 15) is 0 Å². The van der Waals surface area contributed by atoms with Crippen LogP contribution in [0.1, 0.15) is 0 Å². The van der Waals surface area contributed by atoms with Crippen molar-refractivity contribution in [3.8, 4) is 0 Å². The van der Waals surface area contributed by atoms with Gasteiger partial charge in [0.05, 0.1) is 5.92 Å². The van der Waals surface area contributed by atoms with E-state index in [0.717, 1.165) is 11.5 Å². The summed E-state index contributed by atoms with van der Waals surface area (Å²) in [6.45, 7) is 0. The van der Waals surface area contributed by atoms with Gasteiger partial charge in [0.2, 0.25) is 0 Å². The maximum Gasteiger partial charge on any atom is 0.166 e. The zero-order valence-electron chi connectivity index (χ0n) is 7.53. The van der Waals surface area contributed by atoms with Crippen LogP contribution in [0.2, 0.25) is 0 Å². The lowest BCUT2D eigenvalue weighted by molar-refractivity contribution is 0.465. The highest BCUT2D eigenvalue weighted by Gasteiger charge is 2.36. The second-order valence-electron chi connectivity index (χ2n) is 3.85. The second kappa shape index (κ2) is 2.01. The minimum atomic E-state index is 0.396. The van der Waals surface area contributed by atoms with E-state index in [1.165, 1.54) is 16.0 Å². The van der Waals surface area contributed by atoms with E-state index in [4.69, 9.17) is 4.74 Å². The van der Waals surface area contributed by atoms with E-state index < -0.39 is 0 Å². The molecule has 1 aliphatic heterocycles. The number of fused-ring (bicyclic) bond motifs is 3. The summed E-state index contributed by atoms with van der Waals surface area (Å²) in [6, 6.07) is 8.52. The van der Waals surface area contributed by atoms with Gasteiger partial charge in [0.1, 0.15) is 0 Å². The maximum atomic E-state index is 5.42. The normalized spacial score (nSPS) is 24.9. The van der Waals surface area contributed by atoms with Crippen LogP contribution in [0.3, 0.4) is 0 Å². The molecule has 0 spiro atoms. The molecular weight excluding hydrogens is 172 g/mol. The SMILES string of the molecule is C1=CC2=c3ccccc3=CC2C2=C1O2. The van der Waals surface area contributed by atoms with Crippen LogP contribution in [0.5, 0.6) is 0 Å². The Morgan fingerprint density at radius 3 is 3.00 bits per heavy atom. The monoisotopic (exact) mass is 180 g/mol. The van der Waals surface area contributed by atoms with Crippen LogP contribution >= 0.6 is 0 Å². The van der Waals surface area contributed by atoms with E-state index in [2.05, 4.69) is 42.5 Å². The highest BCUT2D eigenvalue weighted by Crippen LogP contribution is 2.43. The zero-order chi connectivity index (χ0) is 9.12. The summed E-state index contributed by atoms with van der Waals surface area (Å²) in [5.41, 5.74) is 1.39. The maximum absolute atomic E-state index is 5.42. The van der Waals surface area contributed by atoms with Gasteiger partial charge >= 0.3 is 0 Å². The molecule has 1 unspecified atom stereocenters. The van der Waals surface area contributed by atoms with Crippen LogP contribution in [0.15, 0.2) is 47.9 Å². The Hall–Kier alpha value is -1.76. The van der Waals surface area contributed by atoms with Gasteiger partial charge in [-0.05, 0) is 22.1 Å². The Morgan fingerprint density at radius 1 is 1.07 bits per heavy atom. The highest BCUT2D eigenvalue weighted by atomic mass is 16.6. The topological polar surface area (TPSA) is 12.5 Å².